The van der Waals surface area contributed by atoms with Crippen LogP contribution in [0.1, 0.15) is 29.9 Å². The molecule has 2 N–H and O–H groups in total. The Morgan fingerprint density at radius 1 is 1.37 bits per heavy atom. The molecule has 1 aromatic heterocycles. The second-order valence-electron chi connectivity index (χ2n) is 4.52. The standard InChI is InChI=1S/C14H17BrClN3/c1-3-19-13(14(16)9(2)18-19)8-12(17)10-4-6-11(15)7-5-10/h4-7,12H,3,8,17H2,1-2H3. The van der Waals surface area contributed by atoms with Crippen LogP contribution in [0.2, 0.25) is 5.02 Å². The Kier molecular flexibility index (Phi) is 4.66. The Hall–Kier alpha value is -0.840. The molecular formula is C14H17BrClN3. The van der Waals surface area contributed by atoms with Crippen LogP contribution in [0.5, 0.6) is 0 Å². The van der Waals surface area contributed by atoms with E-state index < -0.39 is 0 Å². The number of nitrogens with two attached hydrogens (primary N) is 1. The van der Waals surface area contributed by atoms with Gasteiger partial charge in [0, 0.05) is 23.5 Å². The van der Waals surface area contributed by atoms with Crippen LogP contribution in [-0.4, -0.2) is 9.78 Å². The Morgan fingerprint density at radius 2 is 2.00 bits per heavy atom. The molecule has 0 radical (unpaired) electrons. The van der Waals surface area contributed by atoms with Crippen LogP contribution in [-0.2, 0) is 13.0 Å². The lowest BCUT2D eigenvalue weighted by Gasteiger charge is -2.13. The van der Waals surface area contributed by atoms with Gasteiger partial charge in [-0.15, -0.1) is 0 Å². The molecule has 19 heavy (non-hydrogen) atoms. The molecule has 102 valence electrons. The maximum atomic E-state index is 6.30. The molecule has 2 rings (SSSR count). The van der Waals surface area contributed by atoms with E-state index in [4.69, 9.17) is 17.3 Å². The summed E-state index contributed by atoms with van der Waals surface area (Å²) in [6.07, 6.45) is 0.690. The molecule has 1 unspecified atom stereocenters. The second-order valence-corrected chi connectivity index (χ2v) is 5.82. The first-order valence-electron chi connectivity index (χ1n) is 6.25. The van der Waals surface area contributed by atoms with Crippen molar-refractivity contribution in [3.8, 4) is 0 Å². The van der Waals surface area contributed by atoms with Gasteiger partial charge in [-0.1, -0.05) is 39.7 Å². The summed E-state index contributed by atoms with van der Waals surface area (Å²) in [6, 6.07) is 7.98. The fraction of sp³-hybridized carbons (Fsp3) is 0.357. The van der Waals surface area contributed by atoms with Crippen molar-refractivity contribution >= 4 is 27.5 Å². The predicted octanol–water partition coefficient (Wildman–Crippen LogP) is 3.87. The van der Waals surface area contributed by atoms with E-state index in [0.29, 0.717) is 6.42 Å². The topological polar surface area (TPSA) is 43.8 Å². The summed E-state index contributed by atoms with van der Waals surface area (Å²) in [7, 11) is 0. The van der Waals surface area contributed by atoms with Crippen molar-refractivity contribution in [2.45, 2.75) is 32.9 Å². The minimum Gasteiger partial charge on any atom is -0.324 e. The minimum absolute atomic E-state index is 0.0769. The van der Waals surface area contributed by atoms with Gasteiger partial charge in [0.25, 0.3) is 0 Å². The van der Waals surface area contributed by atoms with Crippen molar-refractivity contribution in [2.24, 2.45) is 5.73 Å². The fourth-order valence-electron chi connectivity index (χ4n) is 2.10. The summed E-state index contributed by atoms with van der Waals surface area (Å²) in [5.41, 5.74) is 9.24. The first kappa shape index (κ1) is 14.6. The zero-order valence-electron chi connectivity index (χ0n) is 11.0. The lowest BCUT2D eigenvalue weighted by molar-refractivity contribution is 0.587. The maximum absolute atomic E-state index is 6.30. The number of aromatic nitrogens is 2. The number of benzene rings is 1. The van der Waals surface area contributed by atoms with Gasteiger partial charge in [0.1, 0.15) is 0 Å². The van der Waals surface area contributed by atoms with Gasteiger partial charge >= 0.3 is 0 Å². The molecule has 0 saturated carbocycles. The van der Waals surface area contributed by atoms with E-state index in [1.807, 2.05) is 35.9 Å². The molecule has 0 aliphatic rings. The molecule has 0 aliphatic carbocycles. The first-order valence-corrected chi connectivity index (χ1v) is 7.42. The van der Waals surface area contributed by atoms with Crippen LogP contribution in [0.25, 0.3) is 0 Å². The average molecular weight is 343 g/mol. The molecule has 0 fully saturated rings. The lowest BCUT2D eigenvalue weighted by atomic mass is 10.0. The minimum atomic E-state index is -0.0769. The van der Waals surface area contributed by atoms with Gasteiger partial charge in [-0.25, -0.2) is 0 Å². The second kappa shape index (κ2) is 6.07. The van der Waals surface area contributed by atoms with E-state index in [9.17, 15) is 0 Å². The van der Waals surface area contributed by atoms with Gasteiger partial charge in [-0.2, -0.15) is 5.10 Å². The van der Waals surface area contributed by atoms with Crippen LogP contribution in [0, 0.1) is 6.92 Å². The number of aryl methyl sites for hydroxylation is 2. The van der Waals surface area contributed by atoms with Crippen molar-refractivity contribution < 1.29 is 0 Å². The predicted molar refractivity (Wildman–Crippen MR) is 82.4 cm³/mol. The molecule has 0 saturated heterocycles. The molecule has 0 spiro atoms. The molecule has 0 amide bonds. The Balaban J connectivity index is 2.23. The normalized spacial score (nSPS) is 12.7. The molecule has 1 heterocycles. The molecular weight excluding hydrogens is 326 g/mol. The largest absolute Gasteiger partial charge is 0.324 e. The number of halogens is 2. The highest BCUT2D eigenvalue weighted by Gasteiger charge is 2.16. The number of hydrogen-bond donors (Lipinski definition) is 1. The Bertz CT molecular complexity index is 563. The number of nitrogens with zero attached hydrogens (tertiary/aromatic N) is 2. The van der Waals surface area contributed by atoms with Gasteiger partial charge < -0.3 is 5.73 Å². The third-order valence-corrected chi connectivity index (χ3v) is 4.18. The van der Waals surface area contributed by atoms with Crippen LogP contribution < -0.4 is 5.73 Å². The maximum Gasteiger partial charge on any atom is 0.0847 e. The van der Waals surface area contributed by atoms with E-state index >= 15 is 0 Å². The molecule has 2 aromatic rings. The highest BCUT2D eigenvalue weighted by molar-refractivity contribution is 9.10. The summed E-state index contributed by atoms with van der Waals surface area (Å²) in [6.45, 7) is 4.77. The van der Waals surface area contributed by atoms with E-state index in [2.05, 4.69) is 28.0 Å². The van der Waals surface area contributed by atoms with Crippen LogP contribution >= 0.6 is 27.5 Å². The molecule has 3 nitrogen and oxygen atoms in total. The fourth-order valence-corrected chi connectivity index (χ4v) is 2.58. The third-order valence-electron chi connectivity index (χ3n) is 3.16. The van der Waals surface area contributed by atoms with Gasteiger partial charge in [0.2, 0.25) is 0 Å². The Labute approximate surface area is 126 Å². The molecule has 5 heteroatoms. The molecule has 1 atom stereocenters. The van der Waals surface area contributed by atoms with Crippen LogP contribution in [0.15, 0.2) is 28.7 Å². The highest BCUT2D eigenvalue weighted by Crippen LogP contribution is 2.25. The average Bonchev–Trinajstić information content (AvgIpc) is 2.67. The summed E-state index contributed by atoms with van der Waals surface area (Å²) < 4.78 is 2.98. The molecule has 1 aromatic carbocycles. The monoisotopic (exact) mass is 341 g/mol. The van der Waals surface area contributed by atoms with Crippen molar-refractivity contribution in [2.75, 3.05) is 0 Å². The SMILES string of the molecule is CCn1nc(C)c(Cl)c1CC(N)c1ccc(Br)cc1. The van der Waals surface area contributed by atoms with Gasteiger partial charge in [0.05, 0.1) is 16.4 Å². The van der Waals surface area contributed by atoms with Gasteiger partial charge in [0.15, 0.2) is 0 Å². The van der Waals surface area contributed by atoms with E-state index in [-0.39, 0.29) is 6.04 Å². The number of hydrogen-bond acceptors (Lipinski definition) is 2. The Morgan fingerprint density at radius 3 is 2.58 bits per heavy atom. The van der Waals surface area contributed by atoms with Crippen LogP contribution in [0.4, 0.5) is 0 Å². The van der Waals surface area contributed by atoms with E-state index in [1.165, 1.54) is 0 Å². The van der Waals surface area contributed by atoms with Crippen molar-refractivity contribution in [1.29, 1.82) is 0 Å². The van der Waals surface area contributed by atoms with Gasteiger partial charge in [-0.3, -0.25) is 4.68 Å². The lowest BCUT2D eigenvalue weighted by Crippen LogP contribution is -2.16. The zero-order valence-corrected chi connectivity index (χ0v) is 13.4. The van der Waals surface area contributed by atoms with Crippen molar-refractivity contribution in [3.05, 3.63) is 50.7 Å². The molecule has 0 bridgehead atoms. The zero-order chi connectivity index (χ0) is 14.0. The van der Waals surface area contributed by atoms with Gasteiger partial charge in [-0.05, 0) is 31.5 Å². The summed E-state index contributed by atoms with van der Waals surface area (Å²) in [4.78, 5) is 0. The van der Waals surface area contributed by atoms with Crippen molar-refractivity contribution in [3.63, 3.8) is 0 Å². The molecule has 0 aliphatic heterocycles. The van der Waals surface area contributed by atoms with E-state index in [0.717, 1.165) is 33.0 Å². The quantitative estimate of drug-likeness (QED) is 0.916. The number of rotatable bonds is 4. The highest BCUT2D eigenvalue weighted by atomic mass is 79.9. The third kappa shape index (κ3) is 3.19. The van der Waals surface area contributed by atoms with E-state index in [1.54, 1.807) is 0 Å². The first-order chi connectivity index (χ1) is 9.02. The summed E-state index contributed by atoms with van der Waals surface area (Å²) in [5, 5.41) is 5.14. The smallest absolute Gasteiger partial charge is 0.0847 e. The summed E-state index contributed by atoms with van der Waals surface area (Å²) in [5.74, 6) is 0. The summed E-state index contributed by atoms with van der Waals surface area (Å²) >= 11 is 9.73. The van der Waals surface area contributed by atoms with Crippen molar-refractivity contribution in [1.82, 2.24) is 9.78 Å². The van der Waals surface area contributed by atoms with Crippen LogP contribution in [0.3, 0.4) is 0 Å².